The molecular weight excluding hydrogens is 340 g/mol. The predicted molar refractivity (Wildman–Crippen MR) is 90.2 cm³/mol. The SMILES string of the molecule is O=C(CCSc1ccccc1Cl)Nc1cc([N+](=O)[O-])ccc1O. The number of non-ortho nitro benzene ring substituents is 1. The van der Waals surface area contributed by atoms with Crippen molar-refractivity contribution < 1.29 is 14.8 Å². The number of phenolic OH excluding ortho intramolecular Hbond substituents is 1. The smallest absolute Gasteiger partial charge is 0.271 e. The van der Waals surface area contributed by atoms with Crippen LogP contribution in [0, 0.1) is 10.1 Å². The van der Waals surface area contributed by atoms with Crippen LogP contribution in [0.15, 0.2) is 47.4 Å². The van der Waals surface area contributed by atoms with Crippen molar-refractivity contribution in [3.05, 3.63) is 57.6 Å². The number of benzene rings is 2. The van der Waals surface area contributed by atoms with E-state index in [0.29, 0.717) is 10.8 Å². The van der Waals surface area contributed by atoms with Crippen molar-refractivity contribution in [3.63, 3.8) is 0 Å². The zero-order valence-corrected chi connectivity index (χ0v) is 13.4. The van der Waals surface area contributed by atoms with Crippen molar-refractivity contribution in [1.82, 2.24) is 0 Å². The topological polar surface area (TPSA) is 92.5 Å². The summed E-state index contributed by atoms with van der Waals surface area (Å²) in [7, 11) is 0. The van der Waals surface area contributed by atoms with E-state index in [9.17, 15) is 20.0 Å². The van der Waals surface area contributed by atoms with Crippen molar-refractivity contribution in [1.29, 1.82) is 0 Å². The van der Waals surface area contributed by atoms with E-state index in [1.165, 1.54) is 17.8 Å². The lowest BCUT2D eigenvalue weighted by Crippen LogP contribution is -2.12. The van der Waals surface area contributed by atoms with E-state index in [1.807, 2.05) is 18.2 Å². The summed E-state index contributed by atoms with van der Waals surface area (Å²) in [4.78, 5) is 22.9. The lowest BCUT2D eigenvalue weighted by atomic mass is 10.2. The maximum Gasteiger partial charge on any atom is 0.271 e. The van der Waals surface area contributed by atoms with E-state index in [1.54, 1.807) is 6.07 Å². The van der Waals surface area contributed by atoms with Gasteiger partial charge in [-0.25, -0.2) is 0 Å². The first-order valence-corrected chi connectivity index (χ1v) is 7.98. The maximum atomic E-state index is 11.9. The zero-order valence-electron chi connectivity index (χ0n) is 11.9. The number of carbonyl (C=O) groups excluding carboxylic acids is 1. The Morgan fingerprint density at radius 2 is 2.04 bits per heavy atom. The molecule has 1 amide bonds. The summed E-state index contributed by atoms with van der Waals surface area (Å²) in [6.45, 7) is 0. The van der Waals surface area contributed by atoms with Gasteiger partial charge in [-0.2, -0.15) is 0 Å². The summed E-state index contributed by atoms with van der Waals surface area (Å²) >= 11 is 7.45. The third-order valence-corrected chi connectivity index (χ3v) is 4.41. The van der Waals surface area contributed by atoms with Crippen LogP contribution in [0.2, 0.25) is 5.02 Å². The molecule has 2 rings (SSSR count). The second kappa shape index (κ2) is 7.85. The lowest BCUT2D eigenvalue weighted by molar-refractivity contribution is -0.384. The van der Waals surface area contributed by atoms with Gasteiger partial charge in [-0.15, -0.1) is 11.8 Å². The van der Waals surface area contributed by atoms with Crippen LogP contribution in [0.4, 0.5) is 11.4 Å². The van der Waals surface area contributed by atoms with E-state index in [0.717, 1.165) is 17.0 Å². The maximum absolute atomic E-state index is 11.9. The first-order valence-electron chi connectivity index (χ1n) is 6.62. The molecule has 0 aliphatic carbocycles. The van der Waals surface area contributed by atoms with Crippen LogP contribution in [0.25, 0.3) is 0 Å². The van der Waals surface area contributed by atoms with E-state index in [2.05, 4.69) is 5.32 Å². The Morgan fingerprint density at radius 1 is 1.30 bits per heavy atom. The molecule has 0 saturated carbocycles. The van der Waals surface area contributed by atoms with Gasteiger partial charge in [0.15, 0.2) is 0 Å². The Morgan fingerprint density at radius 3 is 2.74 bits per heavy atom. The monoisotopic (exact) mass is 352 g/mol. The fourth-order valence-corrected chi connectivity index (χ4v) is 2.95. The third-order valence-electron chi connectivity index (χ3n) is 2.89. The number of carbonyl (C=O) groups is 1. The van der Waals surface area contributed by atoms with Crippen LogP contribution in [0.3, 0.4) is 0 Å². The van der Waals surface area contributed by atoms with Gasteiger partial charge in [0, 0.05) is 29.2 Å². The van der Waals surface area contributed by atoms with E-state index < -0.39 is 4.92 Å². The Kier molecular flexibility index (Phi) is 5.84. The van der Waals surface area contributed by atoms with Crippen LogP contribution in [0.5, 0.6) is 5.75 Å². The molecule has 6 nitrogen and oxygen atoms in total. The molecule has 120 valence electrons. The number of nitrogens with zero attached hydrogens (tertiary/aromatic N) is 1. The minimum absolute atomic E-state index is 0.0203. The van der Waals surface area contributed by atoms with Gasteiger partial charge in [0.2, 0.25) is 5.91 Å². The molecular formula is C15H13ClN2O4S. The fraction of sp³-hybridized carbons (Fsp3) is 0.133. The molecule has 8 heteroatoms. The van der Waals surface area contributed by atoms with Gasteiger partial charge in [-0.05, 0) is 18.2 Å². The average molecular weight is 353 g/mol. The summed E-state index contributed by atoms with van der Waals surface area (Å²) < 4.78 is 0. The third kappa shape index (κ3) is 4.87. The van der Waals surface area contributed by atoms with Crippen molar-refractivity contribution in [2.75, 3.05) is 11.1 Å². The number of aromatic hydroxyl groups is 1. The summed E-state index contributed by atoms with van der Waals surface area (Å²) in [5.41, 5.74) is -0.185. The molecule has 2 N–H and O–H groups in total. The highest BCUT2D eigenvalue weighted by atomic mass is 35.5. The van der Waals surface area contributed by atoms with Crippen LogP contribution < -0.4 is 5.32 Å². The normalized spacial score (nSPS) is 10.3. The van der Waals surface area contributed by atoms with Crippen molar-refractivity contribution in [2.45, 2.75) is 11.3 Å². The van der Waals surface area contributed by atoms with Gasteiger partial charge >= 0.3 is 0 Å². The Hall–Kier alpha value is -2.25. The van der Waals surface area contributed by atoms with Crippen molar-refractivity contribution in [3.8, 4) is 5.75 Å². The number of nitrogens with one attached hydrogen (secondary N) is 1. The van der Waals surface area contributed by atoms with E-state index in [4.69, 9.17) is 11.6 Å². The quantitative estimate of drug-likeness (QED) is 0.354. The van der Waals surface area contributed by atoms with Gasteiger partial charge in [0.1, 0.15) is 5.75 Å². The minimum atomic E-state index is -0.595. The number of rotatable bonds is 6. The number of phenols is 1. The molecule has 0 aliphatic rings. The van der Waals surface area contributed by atoms with Crippen LogP contribution in [-0.4, -0.2) is 21.7 Å². The summed E-state index contributed by atoms with van der Waals surface area (Å²) in [6, 6.07) is 10.8. The average Bonchev–Trinajstić information content (AvgIpc) is 2.51. The largest absolute Gasteiger partial charge is 0.506 e. The van der Waals surface area contributed by atoms with Gasteiger partial charge in [-0.3, -0.25) is 14.9 Å². The molecule has 23 heavy (non-hydrogen) atoms. The summed E-state index contributed by atoms with van der Waals surface area (Å²) in [5.74, 6) is -0.0753. The highest BCUT2D eigenvalue weighted by molar-refractivity contribution is 7.99. The molecule has 0 atom stereocenters. The van der Waals surface area contributed by atoms with E-state index in [-0.39, 0.29) is 29.5 Å². The Labute approximate surface area is 141 Å². The Bertz CT molecular complexity index is 739. The number of hydrogen-bond donors (Lipinski definition) is 2. The van der Waals surface area contributed by atoms with Crippen molar-refractivity contribution >= 4 is 40.6 Å². The number of amides is 1. The molecule has 0 unspecified atom stereocenters. The molecule has 0 radical (unpaired) electrons. The number of nitro benzene ring substituents is 1. The van der Waals surface area contributed by atoms with Gasteiger partial charge < -0.3 is 10.4 Å². The number of thioether (sulfide) groups is 1. The first-order chi connectivity index (χ1) is 11.0. The molecule has 0 aromatic heterocycles. The van der Waals surface area contributed by atoms with Crippen LogP contribution in [0.1, 0.15) is 6.42 Å². The zero-order chi connectivity index (χ0) is 16.8. The molecule has 0 saturated heterocycles. The number of hydrogen-bond acceptors (Lipinski definition) is 5. The minimum Gasteiger partial charge on any atom is -0.506 e. The second-order valence-electron chi connectivity index (χ2n) is 4.54. The first kappa shape index (κ1) is 17.1. The molecule has 0 bridgehead atoms. The number of nitro groups is 1. The Balaban J connectivity index is 1.91. The fourth-order valence-electron chi connectivity index (χ4n) is 1.77. The highest BCUT2D eigenvalue weighted by Crippen LogP contribution is 2.29. The lowest BCUT2D eigenvalue weighted by Gasteiger charge is -2.07. The summed E-state index contributed by atoms with van der Waals surface area (Å²) in [5, 5.41) is 23.4. The van der Waals surface area contributed by atoms with Gasteiger partial charge in [0.25, 0.3) is 5.69 Å². The van der Waals surface area contributed by atoms with E-state index >= 15 is 0 Å². The van der Waals surface area contributed by atoms with Gasteiger partial charge in [-0.1, -0.05) is 23.7 Å². The standard InChI is InChI=1S/C15H13ClN2O4S/c16-11-3-1-2-4-14(11)23-8-7-15(20)17-12-9-10(18(21)22)5-6-13(12)19/h1-6,9,19H,7-8H2,(H,17,20). The predicted octanol–water partition coefficient (Wildman–Crippen LogP) is 4.07. The number of anilines is 1. The van der Waals surface area contributed by atoms with Crippen molar-refractivity contribution in [2.24, 2.45) is 0 Å². The highest BCUT2D eigenvalue weighted by Gasteiger charge is 2.12. The molecule has 0 aliphatic heterocycles. The molecule has 0 fully saturated rings. The summed E-state index contributed by atoms with van der Waals surface area (Å²) in [6.07, 6.45) is 0.179. The molecule has 2 aromatic carbocycles. The number of halogens is 1. The molecule has 2 aromatic rings. The van der Waals surface area contributed by atoms with Gasteiger partial charge in [0.05, 0.1) is 15.6 Å². The van der Waals surface area contributed by atoms with Crippen LogP contribution in [-0.2, 0) is 4.79 Å². The second-order valence-corrected chi connectivity index (χ2v) is 6.08. The molecule has 0 heterocycles. The van der Waals surface area contributed by atoms with Crippen LogP contribution >= 0.6 is 23.4 Å². The molecule has 0 spiro atoms.